The third kappa shape index (κ3) is 2.11. The summed E-state index contributed by atoms with van der Waals surface area (Å²) in [7, 11) is 1.66. The van der Waals surface area contributed by atoms with Gasteiger partial charge in [-0.05, 0) is 5.56 Å². The lowest BCUT2D eigenvalue weighted by atomic mass is 10.2. The van der Waals surface area contributed by atoms with Crippen molar-refractivity contribution in [3.63, 3.8) is 0 Å². The Hall–Kier alpha value is -1.26. The van der Waals surface area contributed by atoms with Gasteiger partial charge >= 0.3 is 0 Å². The second-order valence-electron chi connectivity index (χ2n) is 2.47. The molecule has 5 heteroatoms. The summed E-state index contributed by atoms with van der Waals surface area (Å²) in [6.45, 7) is 0. The van der Waals surface area contributed by atoms with Crippen LogP contribution in [-0.2, 0) is 18.3 Å². The fourth-order valence-electron chi connectivity index (χ4n) is 0.841. The minimum Gasteiger partial charge on any atom is -0.293 e. The van der Waals surface area contributed by atoms with Gasteiger partial charge in [-0.3, -0.25) is 9.48 Å². The van der Waals surface area contributed by atoms with E-state index < -0.39 is 12.2 Å². The Bertz CT molecular complexity index is 283. The first-order chi connectivity index (χ1) is 5.59. The van der Waals surface area contributed by atoms with Crippen LogP contribution in [0.2, 0.25) is 0 Å². The topological polar surface area (TPSA) is 34.9 Å². The molecule has 0 saturated carbocycles. The molecule has 0 aliphatic heterocycles. The van der Waals surface area contributed by atoms with Crippen LogP contribution in [0.4, 0.5) is 8.78 Å². The maximum absolute atomic E-state index is 11.7. The average Bonchev–Trinajstić information content (AvgIpc) is 2.35. The zero-order valence-corrected chi connectivity index (χ0v) is 6.50. The Morgan fingerprint density at radius 3 is 2.83 bits per heavy atom. The van der Waals surface area contributed by atoms with Gasteiger partial charge in [-0.2, -0.15) is 5.10 Å². The third-order valence-corrected chi connectivity index (χ3v) is 1.38. The molecule has 0 unspecified atom stereocenters. The molecule has 0 N–H and O–H groups in total. The average molecular weight is 174 g/mol. The SMILES string of the molecule is Cn1cc(CC(=O)C(F)F)cn1. The van der Waals surface area contributed by atoms with Gasteiger partial charge in [0.05, 0.1) is 6.20 Å². The van der Waals surface area contributed by atoms with Crippen molar-refractivity contribution in [3.05, 3.63) is 18.0 Å². The second kappa shape index (κ2) is 3.42. The number of nitrogens with zero attached hydrogens (tertiary/aromatic N) is 2. The Balaban J connectivity index is 2.58. The lowest BCUT2D eigenvalue weighted by molar-refractivity contribution is -0.128. The predicted molar refractivity (Wildman–Crippen MR) is 37.9 cm³/mol. The van der Waals surface area contributed by atoms with E-state index >= 15 is 0 Å². The number of ketones is 1. The third-order valence-electron chi connectivity index (χ3n) is 1.38. The van der Waals surface area contributed by atoms with E-state index in [0.717, 1.165) is 0 Å². The van der Waals surface area contributed by atoms with Crippen molar-refractivity contribution in [1.82, 2.24) is 9.78 Å². The van der Waals surface area contributed by atoms with E-state index in [0.29, 0.717) is 5.56 Å². The number of aryl methyl sites for hydroxylation is 1. The zero-order valence-electron chi connectivity index (χ0n) is 6.50. The summed E-state index contributed by atoms with van der Waals surface area (Å²) < 4.78 is 25.0. The summed E-state index contributed by atoms with van der Waals surface area (Å²) in [4.78, 5) is 10.5. The van der Waals surface area contributed by atoms with Gasteiger partial charge < -0.3 is 0 Å². The summed E-state index contributed by atoms with van der Waals surface area (Å²) in [6, 6.07) is 0. The van der Waals surface area contributed by atoms with Gasteiger partial charge in [-0.1, -0.05) is 0 Å². The zero-order chi connectivity index (χ0) is 9.14. The first-order valence-corrected chi connectivity index (χ1v) is 3.38. The van der Waals surface area contributed by atoms with E-state index in [4.69, 9.17) is 0 Å². The van der Waals surface area contributed by atoms with Crippen LogP contribution in [0.15, 0.2) is 12.4 Å². The van der Waals surface area contributed by atoms with Gasteiger partial charge in [0.25, 0.3) is 6.43 Å². The monoisotopic (exact) mass is 174 g/mol. The number of halogens is 2. The van der Waals surface area contributed by atoms with Gasteiger partial charge in [0.1, 0.15) is 0 Å². The maximum Gasteiger partial charge on any atom is 0.296 e. The van der Waals surface area contributed by atoms with Crippen molar-refractivity contribution in [1.29, 1.82) is 0 Å². The highest BCUT2D eigenvalue weighted by Crippen LogP contribution is 2.03. The van der Waals surface area contributed by atoms with Crippen molar-refractivity contribution in [2.45, 2.75) is 12.8 Å². The second-order valence-corrected chi connectivity index (χ2v) is 2.47. The smallest absolute Gasteiger partial charge is 0.293 e. The molecule has 0 saturated heterocycles. The highest BCUT2D eigenvalue weighted by Gasteiger charge is 2.15. The first-order valence-electron chi connectivity index (χ1n) is 3.38. The van der Waals surface area contributed by atoms with E-state index in [-0.39, 0.29) is 6.42 Å². The minimum absolute atomic E-state index is 0.245. The van der Waals surface area contributed by atoms with Crippen LogP contribution in [0.25, 0.3) is 0 Å². The fourth-order valence-corrected chi connectivity index (χ4v) is 0.841. The molecule has 0 aliphatic carbocycles. The molecule has 1 aromatic heterocycles. The molecule has 0 atom stereocenters. The normalized spacial score (nSPS) is 10.7. The molecule has 1 heterocycles. The number of Topliss-reactive ketones (excluding diaryl/α,β-unsaturated/α-hetero) is 1. The first kappa shape index (κ1) is 8.83. The molecular weight excluding hydrogens is 166 g/mol. The number of carbonyl (C=O) groups excluding carboxylic acids is 1. The van der Waals surface area contributed by atoms with E-state index in [1.54, 1.807) is 13.2 Å². The molecule has 0 radical (unpaired) electrons. The lowest BCUT2D eigenvalue weighted by Gasteiger charge is -1.94. The molecule has 12 heavy (non-hydrogen) atoms. The van der Waals surface area contributed by atoms with E-state index in [1.807, 2.05) is 0 Å². The molecule has 3 nitrogen and oxygen atoms in total. The molecule has 0 fully saturated rings. The quantitative estimate of drug-likeness (QED) is 0.679. The van der Waals surface area contributed by atoms with Gasteiger partial charge in [0.2, 0.25) is 5.78 Å². The summed E-state index contributed by atoms with van der Waals surface area (Å²) in [6.07, 6.45) is -0.184. The van der Waals surface area contributed by atoms with Crippen molar-refractivity contribution in [2.75, 3.05) is 0 Å². The van der Waals surface area contributed by atoms with Crippen LogP contribution in [0.5, 0.6) is 0 Å². The molecule has 1 aromatic rings. The molecule has 0 amide bonds. The molecule has 0 aliphatic rings. The van der Waals surface area contributed by atoms with Crippen LogP contribution < -0.4 is 0 Å². The lowest BCUT2D eigenvalue weighted by Crippen LogP contribution is -2.12. The number of carbonyl (C=O) groups is 1. The van der Waals surface area contributed by atoms with Gasteiger partial charge in [0, 0.05) is 19.7 Å². The Labute approximate surface area is 68.0 Å². The standard InChI is InChI=1S/C7H8F2N2O/c1-11-4-5(3-10-11)2-6(12)7(8)9/h3-4,7H,2H2,1H3. The number of hydrogen-bond acceptors (Lipinski definition) is 2. The van der Waals surface area contributed by atoms with E-state index in [1.165, 1.54) is 10.9 Å². The Morgan fingerprint density at radius 1 is 1.75 bits per heavy atom. The highest BCUT2D eigenvalue weighted by atomic mass is 19.3. The molecule has 0 aromatic carbocycles. The van der Waals surface area contributed by atoms with Crippen LogP contribution in [0, 0.1) is 0 Å². The van der Waals surface area contributed by atoms with E-state index in [9.17, 15) is 13.6 Å². The van der Waals surface area contributed by atoms with Gasteiger partial charge in [-0.15, -0.1) is 0 Å². The van der Waals surface area contributed by atoms with E-state index in [2.05, 4.69) is 5.10 Å². The molecule has 0 bridgehead atoms. The van der Waals surface area contributed by atoms with Crippen molar-refractivity contribution < 1.29 is 13.6 Å². The summed E-state index contributed by atoms with van der Waals surface area (Å²) in [5, 5.41) is 3.75. The largest absolute Gasteiger partial charge is 0.296 e. The van der Waals surface area contributed by atoms with Crippen molar-refractivity contribution in [2.24, 2.45) is 7.05 Å². The number of aromatic nitrogens is 2. The predicted octanol–water partition coefficient (Wildman–Crippen LogP) is 0.797. The number of hydrogen-bond donors (Lipinski definition) is 0. The summed E-state index contributed by atoms with van der Waals surface area (Å²) in [5.41, 5.74) is 0.516. The highest BCUT2D eigenvalue weighted by molar-refractivity contribution is 5.83. The van der Waals surface area contributed by atoms with Crippen LogP contribution in [0.3, 0.4) is 0 Å². The van der Waals surface area contributed by atoms with Crippen LogP contribution in [-0.4, -0.2) is 22.0 Å². The minimum atomic E-state index is -2.88. The maximum atomic E-state index is 11.7. The molecule has 66 valence electrons. The van der Waals surface area contributed by atoms with Crippen LogP contribution in [0.1, 0.15) is 5.56 Å². The summed E-state index contributed by atoms with van der Waals surface area (Å²) in [5.74, 6) is -1.07. The number of rotatable bonds is 3. The van der Waals surface area contributed by atoms with Gasteiger partial charge in [0.15, 0.2) is 0 Å². The molecular formula is C7H8F2N2O. The molecule has 1 rings (SSSR count). The van der Waals surface area contributed by atoms with Crippen molar-refractivity contribution >= 4 is 5.78 Å². The summed E-state index contributed by atoms with van der Waals surface area (Å²) >= 11 is 0. The number of alkyl halides is 2. The fraction of sp³-hybridized carbons (Fsp3) is 0.429. The Kier molecular flexibility index (Phi) is 2.52. The van der Waals surface area contributed by atoms with Crippen molar-refractivity contribution in [3.8, 4) is 0 Å². The van der Waals surface area contributed by atoms with Crippen LogP contribution >= 0.6 is 0 Å². The van der Waals surface area contributed by atoms with Gasteiger partial charge in [-0.25, -0.2) is 8.78 Å². The Morgan fingerprint density at radius 2 is 2.42 bits per heavy atom. The molecule has 0 spiro atoms.